The zero-order valence-corrected chi connectivity index (χ0v) is 10.8. The summed E-state index contributed by atoms with van der Waals surface area (Å²) < 4.78 is 5.71. The lowest BCUT2D eigenvalue weighted by Crippen LogP contribution is -2.28. The highest BCUT2D eigenvalue weighted by atomic mass is 35.5. The molecular formula is C12H18ClN3O. The molecule has 0 spiro atoms. The SMILES string of the molecule is CCNc1cc(OC[C@H]2CCCN2)cnc1Cl. The van der Waals surface area contributed by atoms with E-state index in [-0.39, 0.29) is 0 Å². The van der Waals surface area contributed by atoms with Crippen LogP contribution in [-0.2, 0) is 0 Å². The standard InChI is InChI=1S/C12H18ClN3O/c1-2-14-11-6-10(7-16-12(11)13)17-8-9-4-3-5-15-9/h6-7,9,14-15H,2-5,8H2,1H3/t9-/m1/s1. The molecule has 0 bridgehead atoms. The molecule has 2 N–H and O–H groups in total. The van der Waals surface area contributed by atoms with E-state index in [0.717, 1.165) is 24.5 Å². The van der Waals surface area contributed by atoms with Crippen LogP contribution < -0.4 is 15.4 Å². The molecule has 1 fully saturated rings. The van der Waals surface area contributed by atoms with Crippen LogP contribution in [0.4, 0.5) is 5.69 Å². The Hall–Kier alpha value is -1.00. The molecule has 17 heavy (non-hydrogen) atoms. The van der Waals surface area contributed by atoms with Crippen LogP contribution in [0.1, 0.15) is 19.8 Å². The van der Waals surface area contributed by atoms with E-state index in [0.29, 0.717) is 17.8 Å². The minimum atomic E-state index is 0.466. The van der Waals surface area contributed by atoms with E-state index in [1.54, 1.807) is 6.20 Å². The van der Waals surface area contributed by atoms with Crippen LogP contribution in [0, 0.1) is 0 Å². The molecule has 1 atom stereocenters. The Morgan fingerprint density at radius 1 is 1.65 bits per heavy atom. The summed E-state index contributed by atoms with van der Waals surface area (Å²) >= 11 is 5.96. The highest BCUT2D eigenvalue weighted by Gasteiger charge is 2.14. The van der Waals surface area contributed by atoms with Crippen molar-refractivity contribution >= 4 is 17.3 Å². The first kappa shape index (κ1) is 12.5. The molecule has 0 aromatic carbocycles. The van der Waals surface area contributed by atoms with Gasteiger partial charge in [-0.15, -0.1) is 0 Å². The van der Waals surface area contributed by atoms with Crippen LogP contribution in [0.25, 0.3) is 0 Å². The molecular weight excluding hydrogens is 238 g/mol. The average molecular weight is 256 g/mol. The van der Waals surface area contributed by atoms with Crippen molar-refractivity contribution in [2.75, 3.05) is 25.0 Å². The third kappa shape index (κ3) is 3.48. The number of anilines is 1. The lowest BCUT2D eigenvalue weighted by atomic mass is 10.2. The van der Waals surface area contributed by atoms with Gasteiger partial charge in [0.2, 0.25) is 0 Å². The molecule has 2 heterocycles. The number of rotatable bonds is 5. The largest absolute Gasteiger partial charge is 0.490 e. The lowest BCUT2D eigenvalue weighted by molar-refractivity contribution is 0.276. The zero-order chi connectivity index (χ0) is 12.1. The van der Waals surface area contributed by atoms with E-state index in [9.17, 15) is 0 Å². The first-order chi connectivity index (χ1) is 8.29. The van der Waals surface area contributed by atoms with E-state index in [1.807, 2.05) is 13.0 Å². The van der Waals surface area contributed by atoms with Crippen molar-refractivity contribution in [1.29, 1.82) is 0 Å². The van der Waals surface area contributed by atoms with Crippen molar-refractivity contribution in [3.63, 3.8) is 0 Å². The molecule has 1 aromatic heterocycles. The Morgan fingerprint density at radius 3 is 3.24 bits per heavy atom. The van der Waals surface area contributed by atoms with Gasteiger partial charge in [0, 0.05) is 18.7 Å². The molecule has 2 rings (SSSR count). The van der Waals surface area contributed by atoms with E-state index in [2.05, 4.69) is 15.6 Å². The van der Waals surface area contributed by atoms with Crippen molar-refractivity contribution < 1.29 is 4.74 Å². The number of aromatic nitrogens is 1. The van der Waals surface area contributed by atoms with Crippen molar-refractivity contribution in [3.05, 3.63) is 17.4 Å². The summed E-state index contributed by atoms with van der Waals surface area (Å²) in [5, 5.41) is 7.03. The average Bonchev–Trinajstić information content (AvgIpc) is 2.83. The van der Waals surface area contributed by atoms with E-state index in [4.69, 9.17) is 16.3 Å². The summed E-state index contributed by atoms with van der Waals surface area (Å²) in [7, 11) is 0. The van der Waals surface area contributed by atoms with Gasteiger partial charge in [-0.1, -0.05) is 11.6 Å². The number of pyridine rings is 1. The first-order valence-corrected chi connectivity index (χ1v) is 6.43. The summed E-state index contributed by atoms with van der Waals surface area (Å²) in [6.07, 6.45) is 4.08. The molecule has 4 nitrogen and oxygen atoms in total. The van der Waals surface area contributed by atoms with E-state index >= 15 is 0 Å². The molecule has 0 aliphatic carbocycles. The van der Waals surface area contributed by atoms with Crippen molar-refractivity contribution in [3.8, 4) is 5.75 Å². The summed E-state index contributed by atoms with van der Waals surface area (Å²) in [5.41, 5.74) is 0.825. The van der Waals surface area contributed by atoms with Gasteiger partial charge in [0.15, 0.2) is 5.15 Å². The van der Waals surface area contributed by atoms with Gasteiger partial charge in [-0.05, 0) is 26.3 Å². The second kappa shape index (κ2) is 6.07. The van der Waals surface area contributed by atoms with Gasteiger partial charge in [-0.25, -0.2) is 4.98 Å². The number of hydrogen-bond donors (Lipinski definition) is 2. The summed E-state index contributed by atoms with van der Waals surface area (Å²) in [5.74, 6) is 0.763. The zero-order valence-electron chi connectivity index (χ0n) is 10.0. The smallest absolute Gasteiger partial charge is 0.152 e. The van der Waals surface area contributed by atoms with Crippen LogP contribution >= 0.6 is 11.6 Å². The highest BCUT2D eigenvalue weighted by Crippen LogP contribution is 2.24. The molecule has 0 saturated carbocycles. The minimum absolute atomic E-state index is 0.466. The van der Waals surface area contributed by atoms with Crippen molar-refractivity contribution in [2.45, 2.75) is 25.8 Å². The van der Waals surface area contributed by atoms with Crippen LogP contribution in [-0.4, -0.2) is 30.7 Å². The molecule has 0 radical (unpaired) electrons. The molecule has 1 aliphatic rings. The summed E-state index contributed by atoms with van der Waals surface area (Å²) in [4.78, 5) is 4.10. The topological polar surface area (TPSA) is 46.2 Å². The molecule has 1 saturated heterocycles. The van der Waals surface area contributed by atoms with Gasteiger partial charge in [-0.3, -0.25) is 0 Å². The second-order valence-electron chi connectivity index (χ2n) is 4.14. The number of hydrogen-bond acceptors (Lipinski definition) is 4. The van der Waals surface area contributed by atoms with Gasteiger partial charge in [0.1, 0.15) is 12.4 Å². The minimum Gasteiger partial charge on any atom is -0.490 e. The van der Waals surface area contributed by atoms with Crippen molar-refractivity contribution in [2.24, 2.45) is 0 Å². The lowest BCUT2D eigenvalue weighted by Gasteiger charge is -2.13. The molecule has 0 amide bonds. The molecule has 1 aromatic rings. The highest BCUT2D eigenvalue weighted by molar-refractivity contribution is 6.32. The fraction of sp³-hybridized carbons (Fsp3) is 0.583. The normalized spacial score (nSPS) is 19.3. The quantitative estimate of drug-likeness (QED) is 0.793. The van der Waals surface area contributed by atoms with Crippen LogP contribution in [0.15, 0.2) is 12.3 Å². The Bertz CT molecular complexity index is 367. The predicted molar refractivity (Wildman–Crippen MR) is 69.9 cm³/mol. The number of nitrogens with zero attached hydrogens (tertiary/aromatic N) is 1. The number of ether oxygens (including phenoxy) is 1. The van der Waals surface area contributed by atoms with Gasteiger partial charge >= 0.3 is 0 Å². The Morgan fingerprint density at radius 2 is 2.53 bits per heavy atom. The van der Waals surface area contributed by atoms with E-state index in [1.165, 1.54) is 12.8 Å². The van der Waals surface area contributed by atoms with Gasteiger partial charge in [0.25, 0.3) is 0 Å². The monoisotopic (exact) mass is 255 g/mol. The maximum atomic E-state index is 5.96. The summed E-state index contributed by atoms with van der Waals surface area (Å²) in [6.45, 7) is 4.62. The number of nitrogens with one attached hydrogen (secondary N) is 2. The summed E-state index contributed by atoms with van der Waals surface area (Å²) in [6, 6.07) is 2.36. The number of halogens is 1. The molecule has 94 valence electrons. The second-order valence-corrected chi connectivity index (χ2v) is 4.50. The van der Waals surface area contributed by atoms with Gasteiger partial charge < -0.3 is 15.4 Å². The maximum absolute atomic E-state index is 5.96. The fourth-order valence-corrected chi connectivity index (χ4v) is 2.09. The third-order valence-corrected chi connectivity index (χ3v) is 3.10. The van der Waals surface area contributed by atoms with E-state index < -0.39 is 0 Å². The molecule has 5 heteroatoms. The Balaban J connectivity index is 1.93. The first-order valence-electron chi connectivity index (χ1n) is 6.05. The predicted octanol–water partition coefficient (Wildman–Crippen LogP) is 2.30. The van der Waals surface area contributed by atoms with Crippen LogP contribution in [0.3, 0.4) is 0 Å². The Kier molecular flexibility index (Phi) is 4.45. The third-order valence-electron chi connectivity index (χ3n) is 2.79. The fourth-order valence-electron chi connectivity index (χ4n) is 1.92. The Labute approximate surface area is 107 Å². The van der Waals surface area contributed by atoms with Gasteiger partial charge in [0.05, 0.1) is 11.9 Å². The maximum Gasteiger partial charge on any atom is 0.152 e. The molecule has 1 aliphatic heterocycles. The van der Waals surface area contributed by atoms with Crippen LogP contribution in [0.2, 0.25) is 5.15 Å². The molecule has 0 unspecified atom stereocenters. The van der Waals surface area contributed by atoms with Gasteiger partial charge in [-0.2, -0.15) is 0 Å². The van der Waals surface area contributed by atoms with Crippen LogP contribution in [0.5, 0.6) is 5.75 Å². The van der Waals surface area contributed by atoms with Crippen molar-refractivity contribution in [1.82, 2.24) is 10.3 Å².